The lowest BCUT2D eigenvalue weighted by molar-refractivity contribution is 0.0398. The minimum atomic E-state index is 0.497. The van der Waals surface area contributed by atoms with Gasteiger partial charge < -0.3 is 20.2 Å². The van der Waals surface area contributed by atoms with E-state index >= 15 is 0 Å². The lowest BCUT2D eigenvalue weighted by Crippen LogP contribution is -2.39. The van der Waals surface area contributed by atoms with Gasteiger partial charge in [-0.05, 0) is 30.3 Å². The van der Waals surface area contributed by atoms with Gasteiger partial charge in [-0.25, -0.2) is 4.98 Å². The standard InChI is InChI=1S/C21H24N6O2/c22-14-17-13-18(2-3-19(17)23-7-8-27-9-11-28-12-10-27)29-21-4-1-16(15-24-21)20-5-6-25-26-20/h1-6,13-15,22-23H,7-12H2,(H,25,26). The van der Waals surface area contributed by atoms with Crippen LogP contribution >= 0.6 is 0 Å². The Hall–Kier alpha value is -3.23. The highest BCUT2D eigenvalue weighted by Crippen LogP contribution is 2.26. The molecule has 0 amide bonds. The molecule has 1 aromatic carbocycles. The van der Waals surface area contributed by atoms with E-state index in [1.165, 1.54) is 6.21 Å². The van der Waals surface area contributed by atoms with Crippen LogP contribution in [0.4, 0.5) is 5.69 Å². The smallest absolute Gasteiger partial charge is 0.219 e. The van der Waals surface area contributed by atoms with Crippen molar-refractivity contribution >= 4 is 11.9 Å². The van der Waals surface area contributed by atoms with E-state index in [1.54, 1.807) is 12.4 Å². The van der Waals surface area contributed by atoms with Gasteiger partial charge in [0.1, 0.15) is 5.75 Å². The number of anilines is 1. The van der Waals surface area contributed by atoms with E-state index in [-0.39, 0.29) is 0 Å². The first-order chi connectivity index (χ1) is 14.3. The van der Waals surface area contributed by atoms with E-state index in [0.717, 1.165) is 61.9 Å². The molecule has 0 bridgehead atoms. The molecule has 3 heterocycles. The Balaban J connectivity index is 1.36. The first-order valence-corrected chi connectivity index (χ1v) is 9.64. The van der Waals surface area contributed by atoms with Crippen LogP contribution in [0, 0.1) is 5.41 Å². The largest absolute Gasteiger partial charge is 0.439 e. The van der Waals surface area contributed by atoms with Crippen LogP contribution in [0.1, 0.15) is 5.56 Å². The molecular weight excluding hydrogens is 368 g/mol. The van der Waals surface area contributed by atoms with Crippen molar-refractivity contribution in [1.82, 2.24) is 20.1 Å². The maximum atomic E-state index is 7.73. The minimum absolute atomic E-state index is 0.497. The van der Waals surface area contributed by atoms with Gasteiger partial charge >= 0.3 is 0 Å². The van der Waals surface area contributed by atoms with Crippen molar-refractivity contribution in [2.45, 2.75) is 0 Å². The van der Waals surface area contributed by atoms with Crippen molar-refractivity contribution < 1.29 is 9.47 Å². The molecular formula is C21H24N6O2. The molecule has 0 spiro atoms. The predicted octanol–water partition coefficient (Wildman–Crippen LogP) is 3.01. The number of hydrogen-bond acceptors (Lipinski definition) is 7. The number of nitrogens with zero attached hydrogens (tertiary/aromatic N) is 3. The van der Waals surface area contributed by atoms with Gasteiger partial charge in [0.25, 0.3) is 0 Å². The van der Waals surface area contributed by atoms with Crippen LogP contribution in [0.15, 0.2) is 48.8 Å². The SMILES string of the molecule is N=Cc1cc(Oc2ccc(-c3ccn[nH]3)cn2)ccc1NCCN1CCOCC1. The summed E-state index contributed by atoms with van der Waals surface area (Å²) in [6.07, 6.45) is 4.77. The normalized spacial score (nSPS) is 14.5. The second kappa shape index (κ2) is 9.31. The molecule has 0 saturated carbocycles. The van der Waals surface area contributed by atoms with Gasteiger partial charge in [-0.15, -0.1) is 0 Å². The Kier molecular flexibility index (Phi) is 6.13. The number of hydrogen-bond donors (Lipinski definition) is 3. The van der Waals surface area contributed by atoms with Crippen molar-refractivity contribution in [2.75, 3.05) is 44.7 Å². The first kappa shape index (κ1) is 19.1. The van der Waals surface area contributed by atoms with Crippen molar-refractivity contribution in [2.24, 2.45) is 0 Å². The molecule has 8 heteroatoms. The minimum Gasteiger partial charge on any atom is -0.439 e. The lowest BCUT2D eigenvalue weighted by Gasteiger charge is -2.26. The third-order valence-electron chi connectivity index (χ3n) is 4.80. The van der Waals surface area contributed by atoms with Gasteiger partial charge in [-0.1, -0.05) is 0 Å². The van der Waals surface area contributed by atoms with Gasteiger partial charge in [0.15, 0.2) is 0 Å². The van der Waals surface area contributed by atoms with E-state index in [4.69, 9.17) is 14.9 Å². The zero-order valence-corrected chi connectivity index (χ0v) is 16.1. The molecule has 0 aliphatic carbocycles. The molecule has 1 fully saturated rings. The third kappa shape index (κ3) is 4.98. The number of aromatic amines is 1. The van der Waals surface area contributed by atoms with Gasteiger partial charge in [0.05, 0.1) is 18.9 Å². The Morgan fingerprint density at radius 3 is 2.83 bits per heavy atom. The summed E-state index contributed by atoms with van der Waals surface area (Å²) < 4.78 is 11.2. The molecule has 1 aliphatic rings. The van der Waals surface area contributed by atoms with Crippen LogP contribution in [0.5, 0.6) is 11.6 Å². The molecule has 1 saturated heterocycles. The Morgan fingerprint density at radius 1 is 1.21 bits per heavy atom. The maximum absolute atomic E-state index is 7.73. The second-order valence-corrected chi connectivity index (χ2v) is 6.73. The Bertz CT molecular complexity index is 921. The van der Waals surface area contributed by atoms with Crippen LogP contribution in [0.3, 0.4) is 0 Å². The number of ether oxygens (including phenoxy) is 2. The molecule has 1 aliphatic heterocycles. The second-order valence-electron chi connectivity index (χ2n) is 6.73. The molecule has 0 unspecified atom stereocenters. The number of pyridine rings is 1. The monoisotopic (exact) mass is 392 g/mol. The van der Waals surface area contributed by atoms with E-state index in [2.05, 4.69) is 25.4 Å². The van der Waals surface area contributed by atoms with Gasteiger partial charge in [-0.2, -0.15) is 5.10 Å². The lowest BCUT2D eigenvalue weighted by atomic mass is 10.2. The fourth-order valence-corrected chi connectivity index (χ4v) is 3.20. The average Bonchev–Trinajstić information content (AvgIpc) is 3.31. The topological polar surface area (TPSA) is 99.2 Å². The Labute approximate surface area is 169 Å². The van der Waals surface area contributed by atoms with Gasteiger partial charge in [0.2, 0.25) is 5.88 Å². The molecule has 0 radical (unpaired) electrons. The molecule has 4 rings (SSSR count). The van der Waals surface area contributed by atoms with Gasteiger partial charge in [0, 0.05) is 67.7 Å². The highest BCUT2D eigenvalue weighted by molar-refractivity contribution is 5.86. The van der Waals surface area contributed by atoms with Crippen molar-refractivity contribution in [1.29, 1.82) is 5.41 Å². The number of morpholine rings is 1. The average molecular weight is 392 g/mol. The van der Waals surface area contributed by atoms with Crippen molar-refractivity contribution in [3.63, 3.8) is 0 Å². The summed E-state index contributed by atoms with van der Waals surface area (Å²) in [7, 11) is 0. The molecule has 8 nitrogen and oxygen atoms in total. The quantitative estimate of drug-likeness (QED) is 0.510. The zero-order valence-electron chi connectivity index (χ0n) is 16.1. The summed E-state index contributed by atoms with van der Waals surface area (Å²) in [6, 6.07) is 11.3. The van der Waals surface area contributed by atoms with Crippen molar-refractivity contribution in [3.8, 4) is 22.9 Å². The molecule has 2 aromatic heterocycles. The summed E-state index contributed by atoms with van der Waals surface area (Å²) in [5, 5.41) is 18.0. The van der Waals surface area contributed by atoms with Crippen LogP contribution in [-0.4, -0.2) is 65.7 Å². The summed E-state index contributed by atoms with van der Waals surface area (Å²) in [5.74, 6) is 1.14. The number of benzene rings is 1. The summed E-state index contributed by atoms with van der Waals surface area (Å²) in [4.78, 5) is 6.72. The van der Waals surface area contributed by atoms with E-state index in [9.17, 15) is 0 Å². The van der Waals surface area contributed by atoms with E-state index < -0.39 is 0 Å². The van der Waals surface area contributed by atoms with Crippen molar-refractivity contribution in [3.05, 3.63) is 54.4 Å². The van der Waals surface area contributed by atoms with Gasteiger partial charge in [-0.3, -0.25) is 10.00 Å². The van der Waals surface area contributed by atoms with E-state index in [0.29, 0.717) is 11.6 Å². The number of rotatable bonds is 8. The number of nitrogens with one attached hydrogen (secondary N) is 3. The third-order valence-corrected chi connectivity index (χ3v) is 4.80. The molecule has 3 N–H and O–H groups in total. The predicted molar refractivity (Wildman–Crippen MR) is 112 cm³/mol. The summed E-state index contributed by atoms with van der Waals surface area (Å²) in [6.45, 7) is 5.31. The Morgan fingerprint density at radius 2 is 2.10 bits per heavy atom. The first-order valence-electron chi connectivity index (χ1n) is 9.64. The highest BCUT2D eigenvalue weighted by atomic mass is 16.5. The fourth-order valence-electron chi connectivity index (χ4n) is 3.20. The highest BCUT2D eigenvalue weighted by Gasteiger charge is 2.10. The summed E-state index contributed by atoms with van der Waals surface area (Å²) in [5.41, 5.74) is 3.54. The molecule has 150 valence electrons. The molecule has 3 aromatic rings. The number of H-pyrrole nitrogens is 1. The maximum Gasteiger partial charge on any atom is 0.219 e. The number of aromatic nitrogens is 3. The molecule has 0 atom stereocenters. The van der Waals surface area contributed by atoms with Crippen LogP contribution in [0.25, 0.3) is 11.3 Å². The van der Waals surface area contributed by atoms with Crippen LogP contribution in [0.2, 0.25) is 0 Å². The van der Waals surface area contributed by atoms with E-state index in [1.807, 2.05) is 36.4 Å². The summed E-state index contributed by atoms with van der Waals surface area (Å²) >= 11 is 0. The van der Waals surface area contributed by atoms with Crippen LogP contribution in [-0.2, 0) is 4.74 Å². The fraction of sp³-hybridized carbons (Fsp3) is 0.286. The molecule has 29 heavy (non-hydrogen) atoms. The van der Waals surface area contributed by atoms with Crippen LogP contribution < -0.4 is 10.1 Å². The zero-order chi connectivity index (χ0) is 19.9.